The number of carbonyl (C=O) groups excluding carboxylic acids is 1. The number of benzene rings is 1. The molecule has 0 aliphatic heterocycles. The molecule has 84 valence electrons. The first-order valence-corrected chi connectivity index (χ1v) is 5.24. The van der Waals surface area contributed by atoms with E-state index in [4.69, 9.17) is 5.73 Å². The van der Waals surface area contributed by atoms with Gasteiger partial charge in [-0.25, -0.2) is 9.69 Å². The normalized spacial score (nSPS) is 9.44. The average molecular weight is 216 g/mol. The first-order valence-electron chi connectivity index (χ1n) is 5.24. The molecule has 2 N–H and O–H groups in total. The minimum absolute atomic E-state index is 0.484. The number of nitrogens with two attached hydrogens (primary N) is 1. The Hall–Kier alpha value is -1.95. The van der Waals surface area contributed by atoms with Crippen LogP contribution in [0.1, 0.15) is 20.3 Å². The summed E-state index contributed by atoms with van der Waals surface area (Å²) in [5.74, 6) is 3.42. The zero-order valence-corrected chi connectivity index (χ0v) is 9.60. The predicted octanol–water partition coefficient (Wildman–Crippen LogP) is 2.58. The molecule has 1 rings (SSSR count). The molecule has 0 spiro atoms. The SMILES string of the molecule is CC(C)CC#CN(C(N)=O)c1ccccc1. The second-order valence-electron chi connectivity index (χ2n) is 3.90. The van der Waals surface area contributed by atoms with Crippen molar-refractivity contribution in [2.45, 2.75) is 20.3 Å². The van der Waals surface area contributed by atoms with Gasteiger partial charge in [0, 0.05) is 12.5 Å². The van der Waals surface area contributed by atoms with Crippen LogP contribution in [0, 0.1) is 17.9 Å². The molecule has 0 bridgehead atoms. The summed E-state index contributed by atoms with van der Waals surface area (Å²) in [6.07, 6.45) is 0.747. The van der Waals surface area contributed by atoms with Gasteiger partial charge >= 0.3 is 6.03 Å². The lowest BCUT2D eigenvalue weighted by Crippen LogP contribution is -2.31. The molecule has 0 fully saturated rings. The van der Waals surface area contributed by atoms with Gasteiger partial charge in [0.05, 0.1) is 5.69 Å². The lowest BCUT2D eigenvalue weighted by Gasteiger charge is -2.12. The first-order chi connectivity index (χ1) is 7.61. The Morgan fingerprint density at radius 3 is 2.50 bits per heavy atom. The second-order valence-corrected chi connectivity index (χ2v) is 3.90. The van der Waals surface area contributed by atoms with Crippen molar-refractivity contribution < 1.29 is 4.79 Å². The van der Waals surface area contributed by atoms with Gasteiger partial charge in [0.15, 0.2) is 0 Å². The number of urea groups is 1. The van der Waals surface area contributed by atoms with Crippen molar-refractivity contribution in [3.63, 3.8) is 0 Å². The van der Waals surface area contributed by atoms with Gasteiger partial charge in [-0.2, -0.15) is 0 Å². The van der Waals surface area contributed by atoms with E-state index in [-0.39, 0.29) is 0 Å². The maximum absolute atomic E-state index is 11.2. The smallest absolute Gasteiger partial charge is 0.331 e. The van der Waals surface area contributed by atoms with Crippen molar-refractivity contribution in [1.29, 1.82) is 0 Å². The van der Waals surface area contributed by atoms with E-state index in [1.165, 1.54) is 4.90 Å². The third kappa shape index (κ3) is 3.66. The quantitative estimate of drug-likeness (QED) is 0.599. The molecule has 16 heavy (non-hydrogen) atoms. The van der Waals surface area contributed by atoms with Crippen LogP contribution in [0.2, 0.25) is 0 Å². The van der Waals surface area contributed by atoms with Crippen molar-refractivity contribution >= 4 is 11.7 Å². The van der Waals surface area contributed by atoms with Crippen LogP contribution in [-0.2, 0) is 0 Å². The lowest BCUT2D eigenvalue weighted by molar-refractivity contribution is 0.256. The molecular formula is C13H16N2O. The van der Waals surface area contributed by atoms with Crippen LogP contribution in [0.5, 0.6) is 0 Å². The van der Waals surface area contributed by atoms with E-state index in [0.29, 0.717) is 11.6 Å². The molecule has 0 heterocycles. The van der Waals surface area contributed by atoms with Crippen LogP contribution in [0.25, 0.3) is 0 Å². The Morgan fingerprint density at radius 2 is 2.00 bits per heavy atom. The molecule has 0 aliphatic rings. The van der Waals surface area contributed by atoms with Crippen LogP contribution in [-0.4, -0.2) is 6.03 Å². The van der Waals surface area contributed by atoms with Crippen molar-refractivity contribution in [2.75, 3.05) is 4.90 Å². The van der Waals surface area contributed by atoms with E-state index in [2.05, 4.69) is 25.8 Å². The maximum Gasteiger partial charge on any atom is 0.331 e. The molecule has 0 aromatic heterocycles. The molecule has 3 nitrogen and oxygen atoms in total. The van der Waals surface area contributed by atoms with Crippen molar-refractivity contribution in [3.05, 3.63) is 30.3 Å². The molecule has 0 saturated carbocycles. The van der Waals surface area contributed by atoms with Crippen molar-refractivity contribution in [2.24, 2.45) is 11.7 Å². The molecular weight excluding hydrogens is 200 g/mol. The number of rotatable bonds is 2. The summed E-state index contributed by atoms with van der Waals surface area (Å²) >= 11 is 0. The number of hydrogen-bond acceptors (Lipinski definition) is 1. The number of para-hydroxylation sites is 1. The summed E-state index contributed by atoms with van der Waals surface area (Å²) in [6.45, 7) is 4.15. The fourth-order valence-electron chi connectivity index (χ4n) is 1.15. The summed E-state index contributed by atoms with van der Waals surface area (Å²) in [5.41, 5.74) is 5.97. The number of primary amides is 1. The first kappa shape index (κ1) is 12.1. The summed E-state index contributed by atoms with van der Waals surface area (Å²) in [5, 5.41) is 0. The van der Waals surface area contributed by atoms with Gasteiger partial charge < -0.3 is 5.73 Å². The van der Waals surface area contributed by atoms with Gasteiger partial charge in [-0.3, -0.25) is 0 Å². The Bertz CT molecular complexity index is 401. The van der Waals surface area contributed by atoms with E-state index < -0.39 is 6.03 Å². The Labute approximate surface area is 96.2 Å². The molecule has 0 atom stereocenters. The monoisotopic (exact) mass is 216 g/mol. The van der Waals surface area contributed by atoms with Crippen LogP contribution in [0.4, 0.5) is 10.5 Å². The van der Waals surface area contributed by atoms with E-state index >= 15 is 0 Å². The van der Waals surface area contributed by atoms with Gasteiger partial charge in [-0.1, -0.05) is 38.0 Å². The fraction of sp³-hybridized carbons (Fsp3) is 0.308. The summed E-state index contributed by atoms with van der Waals surface area (Å²) in [4.78, 5) is 12.5. The fourth-order valence-corrected chi connectivity index (χ4v) is 1.15. The molecule has 0 unspecified atom stereocenters. The molecule has 3 heteroatoms. The number of anilines is 1. The van der Waals surface area contributed by atoms with Gasteiger partial charge in [0.2, 0.25) is 0 Å². The summed E-state index contributed by atoms with van der Waals surface area (Å²) in [7, 11) is 0. The third-order valence-electron chi connectivity index (χ3n) is 1.94. The predicted molar refractivity (Wildman–Crippen MR) is 65.7 cm³/mol. The summed E-state index contributed by atoms with van der Waals surface area (Å²) < 4.78 is 0. The highest BCUT2D eigenvalue weighted by molar-refractivity contribution is 5.93. The van der Waals surface area contributed by atoms with Crippen LogP contribution < -0.4 is 10.6 Å². The molecule has 0 saturated heterocycles. The van der Waals surface area contributed by atoms with Crippen LogP contribution >= 0.6 is 0 Å². The molecule has 1 aromatic carbocycles. The Kier molecular flexibility index (Phi) is 4.41. The highest BCUT2D eigenvalue weighted by Crippen LogP contribution is 2.11. The number of carbonyl (C=O) groups is 1. The topological polar surface area (TPSA) is 46.3 Å². The zero-order valence-electron chi connectivity index (χ0n) is 9.60. The van der Waals surface area contributed by atoms with Gasteiger partial charge in [0.1, 0.15) is 0 Å². The van der Waals surface area contributed by atoms with Crippen LogP contribution in [0.3, 0.4) is 0 Å². The lowest BCUT2D eigenvalue weighted by atomic mass is 10.1. The molecule has 0 aliphatic carbocycles. The Balaban J connectivity index is 2.84. The van der Waals surface area contributed by atoms with Crippen molar-refractivity contribution in [3.8, 4) is 12.0 Å². The second kappa shape index (κ2) is 5.82. The standard InChI is InChI=1S/C13H16N2O/c1-11(2)7-6-10-15(13(14)16)12-8-4-3-5-9-12/h3-5,8-9,11H,7H2,1-2H3,(H2,14,16). The molecule has 2 amide bonds. The summed E-state index contributed by atoms with van der Waals surface area (Å²) in [6, 6.07) is 11.4. The van der Waals surface area contributed by atoms with Gasteiger partial charge in [0.25, 0.3) is 0 Å². The average Bonchev–Trinajstić information content (AvgIpc) is 2.25. The highest BCUT2D eigenvalue weighted by atomic mass is 16.2. The maximum atomic E-state index is 11.2. The number of nitrogens with zero attached hydrogens (tertiary/aromatic N) is 1. The largest absolute Gasteiger partial charge is 0.350 e. The van der Waals surface area contributed by atoms with E-state index in [1.54, 1.807) is 12.1 Å². The molecule has 1 aromatic rings. The highest BCUT2D eigenvalue weighted by Gasteiger charge is 2.08. The number of amides is 2. The van der Waals surface area contributed by atoms with E-state index in [9.17, 15) is 4.79 Å². The van der Waals surface area contributed by atoms with E-state index in [0.717, 1.165) is 6.42 Å². The third-order valence-corrected chi connectivity index (χ3v) is 1.94. The van der Waals surface area contributed by atoms with Gasteiger partial charge in [-0.15, -0.1) is 0 Å². The van der Waals surface area contributed by atoms with Crippen molar-refractivity contribution in [1.82, 2.24) is 0 Å². The number of hydrogen-bond donors (Lipinski definition) is 1. The Morgan fingerprint density at radius 1 is 1.38 bits per heavy atom. The zero-order chi connectivity index (χ0) is 12.0. The van der Waals surface area contributed by atoms with Crippen LogP contribution in [0.15, 0.2) is 30.3 Å². The van der Waals surface area contributed by atoms with E-state index in [1.807, 2.05) is 18.2 Å². The minimum atomic E-state index is -0.553. The van der Waals surface area contributed by atoms with Gasteiger partial charge in [-0.05, 0) is 18.1 Å². The minimum Gasteiger partial charge on any atom is -0.350 e. The molecule has 0 radical (unpaired) electrons.